The highest BCUT2D eigenvalue weighted by atomic mass is 16.5. The number of carbonyl (C=O) groups is 1. The molecule has 0 bridgehead atoms. The molecular formula is C10H20N2O2. The molecule has 1 rings (SSSR count). The smallest absolute Gasteiger partial charge is 0.315 e. The van der Waals surface area contributed by atoms with Crippen LogP contribution >= 0.6 is 0 Å². The van der Waals surface area contributed by atoms with Crippen molar-refractivity contribution in [2.24, 2.45) is 0 Å². The SMILES string of the molecule is CC(C)NC(=O)NCC1(C)CCCO1. The maximum Gasteiger partial charge on any atom is 0.315 e. The Morgan fingerprint density at radius 2 is 2.29 bits per heavy atom. The van der Waals surface area contributed by atoms with E-state index < -0.39 is 0 Å². The van der Waals surface area contributed by atoms with Gasteiger partial charge in [-0.2, -0.15) is 0 Å². The normalized spacial score (nSPS) is 26.6. The van der Waals surface area contributed by atoms with E-state index >= 15 is 0 Å². The highest BCUT2D eigenvalue weighted by Crippen LogP contribution is 2.23. The van der Waals surface area contributed by atoms with E-state index in [1.54, 1.807) is 0 Å². The molecule has 82 valence electrons. The Kier molecular flexibility index (Phi) is 3.75. The second-order valence-corrected chi connectivity index (χ2v) is 4.38. The summed E-state index contributed by atoms with van der Waals surface area (Å²) < 4.78 is 5.55. The van der Waals surface area contributed by atoms with Crippen LogP contribution in [0.25, 0.3) is 0 Å². The maximum absolute atomic E-state index is 11.3. The molecule has 0 spiro atoms. The van der Waals surface area contributed by atoms with Crippen molar-refractivity contribution in [3.8, 4) is 0 Å². The molecule has 14 heavy (non-hydrogen) atoms. The minimum atomic E-state index is -0.158. The standard InChI is InChI=1S/C10H20N2O2/c1-8(2)12-9(13)11-7-10(3)5-4-6-14-10/h8H,4-7H2,1-3H3,(H2,11,12,13). The van der Waals surface area contributed by atoms with Crippen molar-refractivity contribution in [1.29, 1.82) is 0 Å². The fourth-order valence-corrected chi connectivity index (χ4v) is 1.56. The zero-order chi connectivity index (χ0) is 10.6. The van der Waals surface area contributed by atoms with Crippen molar-refractivity contribution < 1.29 is 9.53 Å². The molecule has 0 aromatic rings. The summed E-state index contributed by atoms with van der Waals surface area (Å²) in [4.78, 5) is 11.3. The monoisotopic (exact) mass is 200 g/mol. The van der Waals surface area contributed by atoms with Crippen molar-refractivity contribution in [2.45, 2.75) is 45.3 Å². The number of urea groups is 1. The average Bonchev–Trinajstić information content (AvgIpc) is 2.49. The molecule has 2 amide bonds. The van der Waals surface area contributed by atoms with Crippen molar-refractivity contribution in [1.82, 2.24) is 10.6 Å². The van der Waals surface area contributed by atoms with Crippen molar-refractivity contribution in [2.75, 3.05) is 13.2 Å². The molecule has 1 unspecified atom stereocenters. The molecule has 2 N–H and O–H groups in total. The van der Waals surface area contributed by atoms with Gasteiger partial charge in [0.15, 0.2) is 0 Å². The van der Waals surface area contributed by atoms with Crippen molar-refractivity contribution in [3.05, 3.63) is 0 Å². The third kappa shape index (κ3) is 3.54. The van der Waals surface area contributed by atoms with Gasteiger partial charge in [0.1, 0.15) is 0 Å². The zero-order valence-corrected chi connectivity index (χ0v) is 9.22. The highest BCUT2D eigenvalue weighted by molar-refractivity contribution is 5.74. The minimum Gasteiger partial charge on any atom is -0.373 e. The summed E-state index contributed by atoms with van der Waals surface area (Å²) in [6.45, 7) is 7.31. The predicted molar refractivity (Wildman–Crippen MR) is 55.3 cm³/mol. The van der Waals surface area contributed by atoms with Gasteiger partial charge in [0.05, 0.1) is 5.60 Å². The topological polar surface area (TPSA) is 50.4 Å². The number of carbonyl (C=O) groups excluding carboxylic acids is 1. The highest BCUT2D eigenvalue weighted by Gasteiger charge is 2.29. The van der Waals surface area contributed by atoms with Crippen molar-refractivity contribution in [3.63, 3.8) is 0 Å². The Morgan fingerprint density at radius 1 is 1.57 bits per heavy atom. The lowest BCUT2D eigenvalue weighted by atomic mass is 10.0. The van der Waals surface area contributed by atoms with E-state index in [9.17, 15) is 4.79 Å². The molecule has 1 aliphatic heterocycles. The molecule has 1 aliphatic rings. The summed E-state index contributed by atoms with van der Waals surface area (Å²) in [5.74, 6) is 0. The molecule has 1 atom stereocenters. The largest absolute Gasteiger partial charge is 0.373 e. The van der Waals surface area contributed by atoms with Gasteiger partial charge in [-0.3, -0.25) is 0 Å². The van der Waals surface area contributed by atoms with Crippen LogP contribution in [0.1, 0.15) is 33.6 Å². The predicted octanol–water partition coefficient (Wildman–Crippen LogP) is 1.26. The van der Waals surface area contributed by atoms with Crippen molar-refractivity contribution >= 4 is 6.03 Å². The second kappa shape index (κ2) is 4.64. The molecule has 0 aliphatic carbocycles. The van der Waals surface area contributed by atoms with Crippen LogP contribution in [0, 0.1) is 0 Å². The molecule has 0 aromatic carbocycles. The molecule has 0 radical (unpaired) electrons. The first kappa shape index (κ1) is 11.3. The molecular weight excluding hydrogens is 180 g/mol. The number of nitrogens with one attached hydrogen (secondary N) is 2. The van der Waals surface area contributed by atoms with Gasteiger partial charge in [0.2, 0.25) is 0 Å². The van der Waals surface area contributed by atoms with Gasteiger partial charge in [-0.05, 0) is 33.6 Å². The summed E-state index contributed by atoms with van der Waals surface area (Å²) in [7, 11) is 0. The lowest BCUT2D eigenvalue weighted by Crippen LogP contribution is -2.46. The summed E-state index contributed by atoms with van der Waals surface area (Å²) in [5, 5.41) is 5.60. The maximum atomic E-state index is 11.3. The fraction of sp³-hybridized carbons (Fsp3) is 0.900. The fourth-order valence-electron chi connectivity index (χ4n) is 1.56. The molecule has 1 heterocycles. The molecule has 1 saturated heterocycles. The van der Waals surface area contributed by atoms with E-state index in [1.807, 2.05) is 20.8 Å². The van der Waals surface area contributed by atoms with E-state index in [0.29, 0.717) is 6.54 Å². The van der Waals surface area contributed by atoms with Crippen LogP contribution in [0.15, 0.2) is 0 Å². The van der Waals surface area contributed by atoms with Gasteiger partial charge in [0.25, 0.3) is 0 Å². The number of amides is 2. The Balaban J connectivity index is 2.22. The molecule has 4 heteroatoms. The third-order valence-electron chi connectivity index (χ3n) is 2.34. The summed E-state index contributed by atoms with van der Waals surface area (Å²) in [5.41, 5.74) is -0.158. The summed E-state index contributed by atoms with van der Waals surface area (Å²) in [6.07, 6.45) is 2.11. The van der Waals surface area contributed by atoms with E-state index in [1.165, 1.54) is 0 Å². The first-order valence-corrected chi connectivity index (χ1v) is 5.20. The van der Waals surface area contributed by atoms with Gasteiger partial charge in [0, 0.05) is 19.2 Å². The lowest BCUT2D eigenvalue weighted by Gasteiger charge is -2.23. The van der Waals surface area contributed by atoms with E-state index in [2.05, 4.69) is 10.6 Å². The Morgan fingerprint density at radius 3 is 2.79 bits per heavy atom. The van der Waals surface area contributed by atoms with Crippen LogP contribution in [-0.2, 0) is 4.74 Å². The summed E-state index contributed by atoms with van der Waals surface area (Å²) >= 11 is 0. The quantitative estimate of drug-likeness (QED) is 0.720. The Labute approximate surface area is 85.4 Å². The molecule has 1 fully saturated rings. The average molecular weight is 200 g/mol. The zero-order valence-electron chi connectivity index (χ0n) is 9.22. The first-order chi connectivity index (χ1) is 6.52. The molecule has 4 nitrogen and oxygen atoms in total. The van der Waals surface area contributed by atoms with Gasteiger partial charge in [-0.1, -0.05) is 0 Å². The van der Waals surface area contributed by atoms with Gasteiger partial charge < -0.3 is 15.4 Å². The van der Waals surface area contributed by atoms with Gasteiger partial charge >= 0.3 is 6.03 Å². The minimum absolute atomic E-state index is 0.114. The van der Waals surface area contributed by atoms with Gasteiger partial charge in [-0.15, -0.1) is 0 Å². The van der Waals surface area contributed by atoms with Crippen LogP contribution in [0.4, 0.5) is 4.79 Å². The van der Waals surface area contributed by atoms with Gasteiger partial charge in [-0.25, -0.2) is 4.79 Å². The van der Waals surface area contributed by atoms with E-state index in [-0.39, 0.29) is 17.7 Å². The van der Waals surface area contributed by atoms with Crippen LogP contribution in [0.5, 0.6) is 0 Å². The second-order valence-electron chi connectivity index (χ2n) is 4.38. The van der Waals surface area contributed by atoms with Crippen LogP contribution in [-0.4, -0.2) is 30.8 Å². The van der Waals surface area contributed by atoms with E-state index in [0.717, 1.165) is 19.4 Å². The number of ether oxygens (including phenoxy) is 1. The third-order valence-corrected chi connectivity index (χ3v) is 2.34. The van der Waals surface area contributed by atoms with E-state index in [4.69, 9.17) is 4.74 Å². The molecule has 0 saturated carbocycles. The molecule has 0 aromatic heterocycles. The Bertz CT molecular complexity index is 198. The number of rotatable bonds is 3. The van der Waals surface area contributed by atoms with Crippen LogP contribution < -0.4 is 10.6 Å². The first-order valence-electron chi connectivity index (χ1n) is 5.20. The van der Waals surface area contributed by atoms with Crippen LogP contribution in [0.3, 0.4) is 0 Å². The lowest BCUT2D eigenvalue weighted by molar-refractivity contribution is 0.0228. The number of hydrogen-bond acceptors (Lipinski definition) is 2. The summed E-state index contributed by atoms with van der Waals surface area (Å²) in [6, 6.07) is 0.0593. The Hall–Kier alpha value is -0.770. The number of hydrogen-bond donors (Lipinski definition) is 2. The van der Waals surface area contributed by atoms with Crippen LogP contribution in [0.2, 0.25) is 0 Å².